The fourth-order valence-electron chi connectivity index (χ4n) is 2.90. The van der Waals surface area contributed by atoms with Gasteiger partial charge in [0.05, 0.1) is 17.9 Å². The Balaban J connectivity index is 1.78. The smallest absolute Gasteiger partial charge is 0.257 e. The minimum absolute atomic E-state index is 0.0594. The summed E-state index contributed by atoms with van der Waals surface area (Å²) in [6.45, 7) is 3.66. The summed E-state index contributed by atoms with van der Waals surface area (Å²) in [4.78, 5) is 14.5. The Bertz CT molecular complexity index is 504. The highest BCUT2D eigenvalue weighted by molar-refractivity contribution is 5.99. The Kier molecular flexibility index (Phi) is 3.78. The van der Waals surface area contributed by atoms with Crippen molar-refractivity contribution < 1.29 is 14.3 Å². The molecular formula is C15H20N2O3. The molecule has 2 aliphatic rings. The normalized spacial score (nSPS) is 21.1. The Morgan fingerprint density at radius 2 is 2.45 bits per heavy atom. The van der Waals surface area contributed by atoms with Crippen LogP contribution in [-0.4, -0.2) is 50.8 Å². The van der Waals surface area contributed by atoms with Crippen molar-refractivity contribution in [3.8, 4) is 5.75 Å². The molecule has 20 heavy (non-hydrogen) atoms. The molecule has 1 atom stereocenters. The second-order valence-corrected chi connectivity index (χ2v) is 5.32. The molecule has 2 heterocycles. The summed E-state index contributed by atoms with van der Waals surface area (Å²) in [6.07, 6.45) is 1.01. The highest BCUT2D eigenvalue weighted by Gasteiger charge is 2.29. The molecule has 1 fully saturated rings. The van der Waals surface area contributed by atoms with Crippen molar-refractivity contribution in [2.24, 2.45) is 5.92 Å². The molecule has 0 saturated carbocycles. The van der Waals surface area contributed by atoms with Crippen LogP contribution in [0.4, 0.5) is 5.69 Å². The van der Waals surface area contributed by atoms with Crippen molar-refractivity contribution in [3.63, 3.8) is 0 Å². The van der Waals surface area contributed by atoms with E-state index in [4.69, 9.17) is 9.47 Å². The van der Waals surface area contributed by atoms with E-state index in [0.717, 1.165) is 31.7 Å². The molecule has 1 aromatic carbocycles. The second-order valence-electron chi connectivity index (χ2n) is 5.32. The number of para-hydroxylation sites is 1. The topological polar surface area (TPSA) is 50.8 Å². The first-order chi connectivity index (χ1) is 9.79. The number of amides is 1. The molecule has 1 saturated heterocycles. The molecule has 0 spiro atoms. The number of fused-ring (bicyclic) bond motifs is 1. The van der Waals surface area contributed by atoms with Crippen LogP contribution < -0.4 is 10.1 Å². The lowest BCUT2D eigenvalue weighted by atomic mass is 10.1. The van der Waals surface area contributed by atoms with Crippen molar-refractivity contribution in [1.29, 1.82) is 0 Å². The van der Waals surface area contributed by atoms with Crippen LogP contribution in [0.15, 0.2) is 18.2 Å². The first-order valence-electron chi connectivity index (χ1n) is 7.07. The van der Waals surface area contributed by atoms with Crippen LogP contribution in [0.2, 0.25) is 0 Å². The molecule has 1 amide bonds. The quantitative estimate of drug-likeness (QED) is 0.911. The molecule has 0 aromatic heterocycles. The van der Waals surface area contributed by atoms with E-state index in [1.54, 1.807) is 7.11 Å². The predicted octanol–water partition coefficient (Wildman–Crippen LogP) is 1.60. The van der Waals surface area contributed by atoms with Crippen LogP contribution in [-0.2, 0) is 4.74 Å². The van der Waals surface area contributed by atoms with E-state index >= 15 is 0 Å². The average molecular weight is 276 g/mol. The van der Waals surface area contributed by atoms with Gasteiger partial charge in [-0.1, -0.05) is 6.07 Å². The number of carbonyl (C=O) groups is 1. The maximum Gasteiger partial charge on any atom is 0.257 e. The number of ether oxygens (including phenoxy) is 2. The van der Waals surface area contributed by atoms with Crippen molar-refractivity contribution in [1.82, 2.24) is 4.90 Å². The van der Waals surface area contributed by atoms with Gasteiger partial charge in [-0.25, -0.2) is 0 Å². The van der Waals surface area contributed by atoms with Crippen molar-refractivity contribution in [2.75, 3.05) is 45.3 Å². The number of benzene rings is 1. The van der Waals surface area contributed by atoms with Gasteiger partial charge in [-0.3, -0.25) is 4.79 Å². The summed E-state index contributed by atoms with van der Waals surface area (Å²) in [6, 6.07) is 5.69. The van der Waals surface area contributed by atoms with E-state index in [1.807, 2.05) is 23.1 Å². The van der Waals surface area contributed by atoms with Crippen LogP contribution in [0.3, 0.4) is 0 Å². The fourth-order valence-corrected chi connectivity index (χ4v) is 2.90. The summed E-state index contributed by atoms with van der Waals surface area (Å²) in [5, 5.41) is 3.26. The summed E-state index contributed by atoms with van der Waals surface area (Å²) in [5.74, 6) is 1.20. The van der Waals surface area contributed by atoms with Crippen molar-refractivity contribution in [2.45, 2.75) is 6.42 Å². The second kappa shape index (κ2) is 5.71. The monoisotopic (exact) mass is 276 g/mol. The van der Waals surface area contributed by atoms with Gasteiger partial charge in [-0.15, -0.1) is 0 Å². The van der Waals surface area contributed by atoms with Gasteiger partial charge in [0.1, 0.15) is 6.61 Å². The van der Waals surface area contributed by atoms with E-state index in [0.29, 0.717) is 30.4 Å². The zero-order valence-electron chi connectivity index (χ0n) is 11.7. The van der Waals surface area contributed by atoms with E-state index in [-0.39, 0.29) is 5.91 Å². The van der Waals surface area contributed by atoms with Crippen molar-refractivity contribution in [3.05, 3.63) is 23.8 Å². The van der Waals surface area contributed by atoms with Gasteiger partial charge >= 0.3 is 0 Å². The highest BCUT2D eigenvalue weighted by Crippen LogP contribution is 2.33. The number of hydrogen-bond acceptors (Lipinski definition) is 4. The number of hydrogen-bond donors (Lipinski definition) is 1. The van der Waals surface area contributed by atoms with Gasteiger partial charge in [0.15, 0.2) is 5.75 Å². The third-order valence-electron chi connectivity index (χ3n) is 3.88. The van der Waals surface area contributed by atoms with Gasteiger partial charge in [0, 0.05) is 32.7 Å². The number of nitrogens with one attached hydrogen (secondary N) is 1. The number of anilines is 1. The average Bonchev–Trinajstić information content (AvgIpc) is 2.95. The Morgan fingerprint density at radius 3 is 3.30 bits per heavy atom. The summed E-state index contributed by atoms with van der Waals surface area (Å²) in [7, 11) is 1.71. The summed E-state index contributed by atoms with van der Waals surface area (Å²) < 4.78 is 10.9. The first kappa shape index (κ1) is 13.2. The zero-order valence-corrected chi connectivity index (χ0v) is 11.7. The Morgan fingerprint density at radius 1 is 1.55 bits per heavy atom. The van der Waals surface area contributed by atoms with Gasteiger partial charge in [-0.05, 0) is 18.6 Å². The lowest BCUT2D eigenvalue weighted by Crippen LogP contribution is -2.30. The lowest BCUT2D eigenvalue weighted by molar-refractivity contribution is 0.0771. The molecule has 1 N–H and O–H groups in total. The van der Waals surface area contributed by atoms with Gasteiger partial charge in [0.25, 0.3) is 5.91 Å². The molecule has 5 heteroatoms. The maximum atomic E-state index is 12.6. The van der Waals surface area contributed by atoms with E-state index in [2.05, 4.69) is 5.32 Å². The number of likely N-dealkylation sites (tertiary alicyclic amines) is 1. The number of methoxy groups -OCH3 is 1. The molecule has 108 valence electrons. The van der Waals surface area contributed by atoms with E-state index < -0.39 is 0 Å². The highest BCUT2D eigenvalue weighted by atomic mass is 16.5. The molecule has 1 aromatic rings. The molecule has 3 rings (SSSR count). The Labute approximate surface area is 118 Å². The van der Waals surface area contributed by atoms with Crippen LogP contribution in [0.5, 0.6) is 5.75 Å². The van der Waals surface area contributed by atoms with Gasteiger partial charge in [0.2, 0.25) is 0 Å². The first-order valence-corrected chi connectivity index (χ1v) is 7.07. The number of rotatable bonds is 3. The molecule has 5 nitrogen and oxygen atoms in total. The Hall–Kier alpha value is -1.75. The van der Waals surface area contributed by atoms with Crippen LogP contribution in [0.1, 0.15) is 16.8 Å². The molecule has 0 bridgehead atoms. The zero-order chi connectivity index (χ0) is 13.9. The molecule has 0 aliphatic carbocycles. The van der Waals surface area contributed by atoms with E-state index in [9.17, 15) is 4.79 Å². The molecular weight excluding hydrogens is 256 g/mol. The maximum absolute atomic E-state index is 12.6. The fraction of sp³-hybridized carbons (Fsp3) is 0.533. The standard InChI is InChI=1S/C15H20N2O3/c1-19-10-11-5-7-17(9-11)15(18)12-3-2-4-13-14(12)20-8-6-16-13/h2-4,11,16H,5-10H2,1H3. The van der Waals surface area contributed by atoms with Crippen LogP contribution in [0, 0.1) is 5.92 Å². The number of carbonyl (C=O) groups excluding carboxylic acids is 1. The molecule has 1 unspecified atom stereocenters. The predicted molar refractivity (Wildman–Crippen MR) is 76.3 cm³/mol. The minimum Gasteiger partial charge on any atom is -0.489 e. The van der Waals surface area contributed by atoms with Crippen LogP contribution in [0.25, 0.3) is 0 Å². The molecule has 2 aliphatic heterocycles. The minimum atomic E-state index is 0.0594. The van der Waals surface area contributed by atoms with E-state index in [1.165, 1.54) is 0 Å². The van der Waals surface area contributed by atoms with Gasteiger partial charge < -0.3 is 19.7 Å². The third-order valence-corrected chi connectivity index (χ3v) is 3.88. The summed E-state index contributed by atoms with van der Waals surface area (Å²) in [5.41, 5.74) is 1.57. The van der Waals surface area contributed by atoms with Crippen LogP contribution >= 0.6 is 0 Å². The molecule has 0 radical (unpaired) electrons. The lowest BCUT2D eigenvalue weighted by Gasteiger charge is -2.23. The van der Waals surface area contributed by atoms with Crippen molar-refractivity contribution >= 4 is 11.6 Å². The number of nitrogens with zero attached hydrogens (tertiary/aromatic N) is 1. The third kappa shape index (κ3) is 2.45. The summed E-state index contributed by atoms with van der Waals surface area (Å²) >= 11 is 0. The van der Waals surface area contributed by atoms with Gasteiger partial charge in [-0.2, -0.15) is 0 Å². The largest absolute Gasteiger partial charge is 0.489 e. The SMILES string of the molecule is COCC1CCN(C(=O)c2cccc3c2OCCN3)C1.